The zero-order valence-electron chi connectivity index (χ0n) is 71.6. The summed E-state index contributed by atoms with van der Waals surface area (Å²) in [5, 5.41) is 36.9. The van der Waals surface area contributed by atoms with Gasteiger partial charge in [0.1, 0.15) is 14.5 Å². The SMILES string of the molecule is CC(C)(C)[C@@H]1CCc2nc3sc(C(=O)N[C@H](CN)c4cccc(NC(=O)c5ccco5)c4)cc3cc2C1.CC(C)(C)[C@@H]1CCc2nc3sc(C(=O)N[C@H](CNCCO)c4cccc(NC(=O)c5ccco5)c4)cc3cc2C1.CC(C)(C)[C@@H]1CCc2nc3sc(C(=O)N[C@H](CNCCOCc4ccccc4)c4cccc(NC(=O)c5ccco5)c4)cc3cc2C1. The summed E-state index contributed by atoms with van der Waals surface area (Å²) in [6.45, 7) is 23.9. The lowest BCUT2D eigenvalue weighted by Crippen LogP contribution is -2.36. The molecule has 16 rings (SSSR count). The van der Waals surface area contributed by atoms with Crippen molar-refractivity contribution in [2.24, 2.45) is 39.7 Å². The first-order valence-corrected chi connectivity index (χ1v) is 45.0. The number of nitrogens with two attached hydrogens (primary N) is 1. The van der Waals surface area contributed by atoms with Gasteiger partial charge in [-0.25, -0.2) is 15.0 Å². The van der Waals surface area contributed by atoms with Crippen LogP contribution in [0.1, 0.15) is 216 Å². The van der Waals surface area contributed by atoms with Crippen molar-refractivity contribution in [3.05, 3.63) is 283 Å². The van der Waals surface area contributed by atoms with E-state index >= 15 is 0 Å². The maximum absolute atomic E-state index is 13.7. The van der Waals surface area contributed by atoms with Gasteiger partial charge in [0.15, 0.2) is 17.3 Å². The number of rotatable bonds is 27. The Kier molecular flexibility index (Phi) is 28.8. The quantitative estimate of drug-likeness (QED) is 0.0214. The third-order valence-corrected chi connectivity index (χ3v) is 26.6. The molecule has 0 radical (unpaired) electrons. The van der Waals surface area contributed by atoms with Crippen LogP contribution in [0.25, 0.3) is 30.6 Å². The molecule has 23 nitrogen and oxygen atoms in total. The molecule has 6 amide bonds. The average molecular weight is 1730 g/mol. The highest BCUT2D eigenvalue weighted by Crippen LogP contribution is 2.43. The monoisotopic (exact) mass is 1730 g/mol. The van der Waals surface area contributed by atoms with E-state index in [2.05, 4.69) is 123 Å². The topological polar surface area (TPSA) is 332 Å². The van der Waals surface area contributed by atoms with Crippen molar-refractivity contribution in [2.45, 2.75) is 145 Å². The molecule has 13 aromatic rings. The van der Waals surface area contributed by atoms with Crippen LogP contribution in [0.5, 0.6) is 0 Å². The lowest BCUT2D eigenvalue weighted by molar-refractivity contribution is 0.0930. The van der Waals surface area contributed by atoms with E-state index < -0.39 is 12.1 Å². The molecule has 0 aliphatic heterocycles. The summed E-state index contributed by atoms with van der Waals surface area (Å²) in [7, 11) is 0. The Morgan fingerprint density at radius 2 is 0.790 bits per heavy atom. The summed E-state index contributed by atoms with van der Waals surface area (Å²) >= 11 is 4.25. The Hall–Kier alpha value is -11.3. The summed E-state index contributed by atoms with van der Waals surface area (Å²) in [4.78, 5) is 97.2. The molecule has 26 heteroatoms. The number of benzene rings is 4. The van der Waals surface area contributed by atoms with Crippen LogP contribution in [0.3, 0.4) is 0 Å². The number of nitrogens with zero attached hydrogens (tertiary/aromatic N) is 3. The largest absolute Gasteiger partial charge is 0.459 e. The average Bonchev–Trinajstić information content (AvgIpc) is 1.61. The Bertz CT molecular complexity index is 5860. The van der Waals surface area contributed by atoms with Crippen molar-refractivity contribution < 1.29 is 51.9 Å². The highest BCUT2D eigenvalue weighted by molar-refractivity contribution is 7.21. The fraction of sp³-hybridized carbons (Fsp3) is 0.357. The van der Waals surface area contributed by atoms with Crippen LogP contribution in [0.15, 0.2) is 208 Å². The molecule has 11 N–H and O–H groups in total. The van der Waals surface area contributed by atoms with Crippen LogP contribution in [-0.4, -0.2) is 101 Å². The molecular weight excluding hydrogens is 1620 g/mol. The second kappa shape index (κ2) is 40.1. The Balaban J connectivity index is 0.000000153. The van der Waals surface area contributed by atoms with Gasteiger partial charge in [-0.2, -0.15) is 0 Å². The van der Waals surface area contributed by atoms with E-state index in [1.54, 1.807) is 48.5 Å². The number of fused-ring (bicyclic) bond motifs is 6. The number of amides is 6. The van der Waals surface area contributed by atoms with E-state index in [1.165, 1.54) is 69.5 Å². The highest BCUT2D eigenvalue weighted by Gasteiger charge is 2.34. The Labute approximate surface area is 735 Å². The number of anilines is 3. The second-order valence-electron chi connectivity index (χ2n) is 35.4. The van der Waals surface area contributed by atoms with Gasteiger partial charge in [-0.1, -0.05) is 129 Å². The molecule has 646 valence electrons. The number of thiophene rings is 3. The number of aryl methyl sites for hydroxylation is 3. The molecule has 9 aromatic heterocycles. The molecule has 0 saturated heterocycles. The molecule has 3 aliphatic rings. The summed E-state index contributed by atoms with van der Waals surface area (Å²) in [6, 6.07) is 53.4. The van der Waals surface area contributed by atoms with Crippen LogP contribution in [0, 0.1) is 34.0 Å². The normalized spacial score (nSPS) is 15.8. The van der Waals surface area contributed by atoms with Gasteiger partial charge in [0.2, 0.25) is 0 Å². The van der Waals surface area contributed by atoms with E-state index in [4.69, 9.17) is 38.7 Å². The molecule has 4 aromatic carbocycles. The smallest absolute Gasteiger partial charge is 0.291 e. The molecule has 6 atom stereocenters. The number of carbonyl (C=O) groups is 6. The fourth-order valence-electron chi connectivity index (χ4n) is 16.2. The van der Waals surface area contributed by atoms with Gasteiger partial charge in [-0.15, -0.1) is 34.0 Å². The van der Waals surface area contributed by atoms with Gasteiger partial charge in [0, 0.05) is 83.0 Å². The Morgan fingerprint density at radius 1 is 0.435 bits per heavy atom. The zero-order chi connectivity index (χ0) is 87.2. The fourth-order valence-corrected chi connectivity index (χ4v) is 19.0. The first-order chi connectivity index (χ1) is 59.6. The minimum Gasteiger partial charge on any atom is -0.459 e. The van der Waals surface area contributed by atoms with Crippen molar-refractivity contribution in [3.8, 4) is 0 Å². The predicted octanol–water partition coefficient (Wildman–Crippen LogP) is 18.6. The number of ether oxygens (including phenoxy) is 1. The lowest BCUT2D eigenvalue weighted by atomic mass is 9.71. The van der Waals surface area contributed by atoms with Crippen molar-refractivity contribution in [1.82, 2.24) is 41.5 Å². The molecule has 9 heterocycles. The number of carbonyl (C=O) groups excluding carboxylic acids is 6. The van der Waals surface area contributed by atoms with E-state index in [0.29, 0.717) is 88.8 Å². The third-order valence-electron chi connectivity index (χ3n) is 23.5. The number of hydrogen-bond acceptors (Lipinski definition) is 20. The van der Waals surface area contributed by atoms with Gasteiger partial charge >= 0.3 is 0 Å². The number of aromatic nitrogens is 3. The van der Waals surface area contributed by atoms with Crippen LogP contribution in [0.4, 0.5) is 17.1 Å². The molecule has 0 saturated carbocycles. The maximum Gasteiger partial charge on any atom is 0.291 e. The number of aliphatic hydroxyl groups excluding tert-OH is 1. The number of hydrogen-bond donors (Lipinski definition) is 10. The molecule has 3 aliphatic carbocycles. The number of pyridine rings is 3. The number of furan rings is 3. The zero-order valence-corrected chi connectivity index (χ0v) is 74.1. The summed E-state index contributed by atoms with van der Waals surface area (Å²) in [6.07, 6.45) is 13.8. The standard InChI is InChI=1S/C38H42N4O4S.C31H36N4O4S.C29H32N4O3S/c1-38(2,3)29-14-15-31-27(20-29)19-28-22-34(47-37(28)42-31)36(44)41-32(23-39-16-18-45-24-25-9-5-4-6-10-25)26-11-7-12-30(21-26)40-35(43)33-13-8-17-46-33;1-31(2,3)22-9-10-24-20(15-22)14-21-17-27(40-30(21)35-24)29(38)34-25(18-32-11-12-36)19-6-4-7-23(16-19)33-28(37)26-8-5-13-39-26;1-29(2,3)20-9-10-22-18(13-20)12-19-15-25(37-28(19)33-22)27(35)32-23(16-30)17-6-4-7-21(14-17)31-26(34)24-8-5-11-36-24/h4-13,17,19,21-22,29,32,39H,14-16,18,20,23-24H2,1-3H3,(H,40,43)(H,41,44);4-8,13-14,16-17,22,25,32,36H,9-12,15,18H2,1-3H3,(H,33,37)(H,34,38);4-8,11-12,14-15,20,23H,9-10,13,16,30H2,1-3H3,(H,31,34)(H,32,35)/t29-,32-;22-,25-;20-,23-/m111/s1. The first kappa shape index (κ1) is 89.0. The highest BCUT2D eigenvalue weighted by atomic mass is 32.1. The summed E-state index contributed by atoms with van der Waals surface area (Å²) in [5.74, 6) is 0.976. The molecule has 0 bridgehead atoms. The van der Waals surface area contributed by atoms with Crippen molar-refractivity contribution in [2.75, 3.05) is 61.9 Å². The summed E-state index contributed by atoms with van der Waals surface area (Å²) < 4.78 is 21.4. The molecular formula is C98H110N12O11S3. The first-order valence-electron chi connectivity index (χ1n) is 42.5. The molecule has 124 heavy (non-hydrogen) atoms. The van der Waals surface area contributed by atoms with E-state index in [9.17, 15) is 33.9 Å². The van der Waals surface area contributed by atoms with Gasteiger partial charge in [-0.05, 0) is 240 Å². The van der Waals surface area contributed by atoms with E-state index in [-0.39, 0.29) is 88.2 Å². The van der Waals surface area contributed by atoms with Gasteiger partial charge in [-0.3, -0.25) is 28.8 Å². The Morgan fingerprint density at radius 3 is 1.13 bits per heavy atom. The number of nitrogens with one attached hydrogen (secondary N) is 8. The third kappa shape index (κ3) is 23.0. The van der Waals surface area contributed by atoms with Gasteiger partial charge in [0.25, 0.3) is 35.4 Å². The molecule has 0 spiro atoms. The minimum atomic E-state index is -0.410. The van der Waals surface area contributed by atoms with Crippen LogP contribution < -0.4 is 48.3 Å². The second-order valence-corrected chi connectivity index (χ2v) is 38.5. The predicted molar refractivity (Wildman–Crippen MR) is 492 cm³/mol. The van der Waals surface area contributed by atoms with Crippen LogP contribution >= 0.6 is 34.0 Å². The van der Waals surface area contributed by atoms with Gasteiger partial charge < -0.3 is 71.4 Å². The lowest BCUT2D eigenvalue weighted by Gasteiger charge is -2.34. The van der Waals surface area contributed by atoms with Crippen LogP contribution in [0.2, 0.25) is 0 Å². The summed E-state index contributed by atoms with van der Waals surface area (Å²) in [5.41, 5.74) is 19.6. The van der Waals surface area contributed by atoms with Crippen molar-refractivity contribution >= 4 is 117 Å². The van der Waals surface area contributed by atoms with Crippen molar-refractivity contribution in [3.63, 3.8) is 0 Å². The number of aliphatic hydroxyl groups is 1. The van der Waals surface area contributed by atoms with Crippen molar-refractivity contribution in [1.29, 1.82) is 0 Å². The minimum absolute atomic E-state index is 0.0113. The van der Waals surface area contributed by atoms with E-state index in [1.807, 2.05) is 109 Å². The van der Waals surface area contributed by atoms with Crippen LogP contribution in [-0.2, 0) is 49.9 Å². The molecule has 0 fully saturated rings. The molecule has 0 unspecified atom stereocenters. The van der Waals surface area contributed by atoms with E-state index in [0.717, 1.165) is 128 Å². The van der Waals surface area contributed by atoms with Gasteiger partial charge in [0.05, 0.1) is 71.4 Å². The maximum atomic E-state index is 13.7.